The third-order valence-corrected chi connectivity index (χ3v) is 5.55. The van der Waals surface area contributed by atoms with Gasteiger partial charge in [-0.25, -0.2) is 9.37 Å². The Morgan fingerprint density at radius 3 is 2.67 bits per heavy atom. The van der Waals surface area contributed by atoms with Crippen LogP contribution >= 0.6 is 11.3 Å². The summed E-state index contributed by atoms with van der Waals surface area (Å²) >= 11 is 1.26. The number of fused-ring (bicyclic) bond motifs is 1. The van der Waals surface area contributed by atoms with E-state index in [1.165, 1.54) is 37.7 Å². The summed E-state index contributed by atoms with van der Waals surface area (Å²) in [6, 6.07) is 13.1. The first kappa shape index (κ1) is 19.8. The maximum atomic E-state index is 13.6. The molecule has 30 heavy (non-hydrogen) atoms. The fourth-order valence-corrected chi connectivity index (χ4v) is 4.02. The Morgan fingerprint density at radius 1 is 1.10 bits per heavy atom. The van der Waals surface area contributed by atoms with Crippen LogP contribution in [0.4, 0.5) is 9.52 Å². The molecule has 0 radical (unpaired) electrons. The van der Waals surface area contributed by atoms with E-state index < -0.39 is 0 Å². The van der Waals surface area contributed by atoms with Crippen LogP contribution < -0.4 is 14.4 Å². The van der Waals surface area contributed by atoms with Crippen molar-refractivity contribution in [2.75, 3.05) is 19.1 Å². The van der Waals surface area contributed by atoms with E-state index in [9.17, 15) is 9.18 Å². The predicted molar refractivity (Wildman–Crippen MR) is 114 cm³/mol. The monoisotopic (exact) mass is 423 g/mol. The van der Waals surface area contributed by atoms with Gasteiger partial charge in [0.15, 0.2) is 16.6 Å². The van der Waals surface area contributed by atoms with Gasteiger partial charge in [0.2, 0.25) is 0 Å². The number of hydrogen-bond acceptors (Lipinski definition) is 6. The lowest BCUT2D eigenvalue weighted by Gasteiger charge is -2.20. The van der Waals surface area contributed by atoms with E-state index in [1.807, 2.05) is 12.1 Å². The molecule has 6 nitrogen and oxygen atoms in total. The standard InChI is InChI=1S/C22H18FN3O3S/c1-28-18-8-5-15(10-19(18)29-2)21(27)26(13-14-4-3-9-24-12-14)22-25-17-7-6-16(23)11-20(17)30-22/h3-12H,13H2,1-2H3. The average molecular weight is 423 g/mol. The number of carbonyl (C=O) groups is 1. The third kappa shape index (κ3) is 3.95. The number of nitrogens with zero attached hydrogens (tertiary/aromatic N) is 3. The molecule has 0 atom stereocenters. The van der Waals surface area contributed by atoms with Crippen molar-refractivity contribution >= 4 is 32.6 Å². The van der Waals surface area contributed by atoms with Crippen molar-refractivity contribution in [3.8, 4) is 11.5 Å². The van der Waals surface area contributed by atoms with Crippen molar-refractivity contribution in [1.82, 2.24) is 9.97 Å². The molecule has 0 aliphatic carbocycles. The van der Waals surface area contributed by atoms with Gasteiger partial charge in [0.05, 0.1) is 31.0 Å². The largest absolute Gasteiger partial charge is 0.493 e. The zero-order valence-corrected chi connectivity index (χ0v) is 17.1. The van der Waals surface area contributed by atoms with Gasteiger partial charge in [-0.05, 0) is 48.0 Å². The SMILES string of the molecule is COc1ccc(C(=O)N(Cc2cccnc2)c2nc3ccc(F)cc3s2)cc1OC. The minimum absolute atomic E-state index is 0.265. The van der Waals surface area contributed by atoms with Crippen molar-refractivity contribution in [2.45, 2.75) is 6.54 Å². The van der Waals surface area contributed by atoms with Crippen LogP contribution in [0.3, 0.4) is 0 Å². The number of hydrogen-bond donors (Lipinski definition) is 0. The number of aromatic nitrogens is 2. The number of halogens is 1. The second-order valence-corrected chi connectivity index (χ2v) is 7.44. The Kier molecular flexibility index (Phi) is 5.58. The maximum Gasteiger partial charge on any atom is 0.260 e. The number of ether oxygens (including phenoxy) is 2. The summed E-state index contributed by atoms with van der Waals surface area (Å²) in [6.07, 6.45) is 3.37. The molecule has 152 valence electrons. The first-order chi connectivity index (χ1) is 14.6. The Hall–Kier alpha value is -3.52. The van der Waals surface area contributed by atoms with Crippen LogP contribution in [0.2, 0.25) is 0 Å². The van der Waals surface area contributed by atoms with Crippen molar-refractivity contribution in [2.24, 2.45) is 0 Å². The normalized spacial score (nSPS) is 10.8. The van der Waals surface area contributed by atoms with E-state index >= 15 is 0 Å². The number of methoxy groups -OCH3 is 2. The highest BCUT2D eigenvalue weighted by Gasteiger charge is 2.23. The molecule has 1 amide bonds. The quantitative estimate of drug-likeness (QED) is 0.450. The lowest BCUT2D eigenvalue weighted by Crippen LogP contribution is -2.30. The number of benzene rings is 2. The van der Waals surface area contributed by atoms with Gasteiger partial charge in [0.25, 0.3) is 5.91 Å². The Balaban J connectivity index is 1.77. The summed E-state index contributed by atoms with van der Waals surface area (Å²) in [7, 11) is 3.05. The molecule has 0 unspecified atom stereocenters. The van der Waals surface area contributed by atoms with Crippen molar-refractivity contribution in [3.05, 3.63) is 77.9 Å². The molecule has 2 aromatic heterocycles. The third-order valence-electron chi connectivity index (χ3n) is 4.51. The highest BCUT2D eigenvalue weighted by molar-refractivity contribution is 7.22. The van der Waals surface area contributed by atoms with E-state index in [-0.39, 0.29) is 18.3 Å². The minimum Gasteiger partial charge on any atom is -0.493 e. The van der Waals surface area contributed by atoms with Gasteiger partial charge < -0.3 is 9.47 Å². The topological polar surface area (TPSA) is 64.5 Å². The lowest BCUT2D eigenvalue weighted by molar-refractivity contribution is 0.0984. The smallest absolute Gasteiger partial charge is 0.260 e. The molecule has 0 aliphatic heterocycles. The van der Waals surface area contributed by atoms with Crippen molar-refractivity contribution in [1.29, 1.82) is 0 Å². The van der Waals surface area contributed by atoms with Gasteiger partial charge in [-0.3, -0.25) is 14.7 Å². The molecule has 2 heterocycles. The van der Waals surface area contributed by atoms with Crippen LogP contribution in [-0.2, 0) is 6.54 Å². The molecule has 0 saturated heterocycles. The van der Waals surface area contributed by atoms with Gasteiger partial charge in [0, 0.05) is 18.0 Å². The minimum atomic E-state index is -0.345. The van der Waals surface area contributed by atoms with Crippen molar-refractivity contribution < 1.29 is 18.7 Å². The highest BCUT2D eigenvalue weighted by Crippen LogP contribution is 2.33. The lowest BCUT2D eigenvalue weighted by atomic mass is 10.1. The molecule has 0 N–H and O–H groups in total. The van der Waals surface area contributed by atoms with E-state index in [4.69, 9.17) is 9.47 Å². The molecule has 8 heteroatoms. The Labute approximate surface area is 176 Å². The zero-order chi connectivity index (χ0) is 21.1. The summed E-state index contributed by atoms with van der Waals surface area (Å²) in [5, 5.41) is 0.472. The molecule has 4 aromatic rings. The van der Waals surface area contributed by atoms with E-state index in [2.05, 4.69) is 9.97 Å². The second kappa shape index (κ2) is 8.46. The van der Waals surface area contributed by atoms with Gasteiger partial charge in [-0.15, -0.1) is 0 Å². The molecule has 0 bridgehead atoms. The van der Waals surface area contributed by atoms with Gasteiger partial charge >= 0.3 is 0 Å². The number of amides is 1. The van der Waals surface area contributed by atoms with E-state index in [0.717, 1.165) is 5.56 Å². The molecule has 0 spiro atoms. The molecule has 4 rings (SSSR count). The van der Waals surface area contributed by atoms with Crippen LogP contribution in [0, 0.1) is 5.82 Å². The first-order valence-corrected chi connectivity index (χ1v) is 9.89. The highest BCUT2D eigenvalue weighted by atomic mass is 32.1. The second-order valence-electron chi connectivity index (χ2n) is 6.43. The summed E-state index contributed by atoms with van der Waals surface area (Å²) in [4.78, 5) is 23.7. The predicted octanol–water partition coefficient (Wildman–Crippen LogP) is 4.69. The summed E-state index contributed by atoms with van der Waals surface area (Å²) < 4.78 is 24.9. The van der Waals surface area contributed by atoms with Crippen LogP contribution in [0.1, 0.15) is 15.9 Å². The molecular formula is C22H18FN3O3S. The fourth-order valence-electron chi connectivity index (χ4n) is 3.03. The molecule has 2 aromatic carbocycles. The Morgan fingerprint density at radius 2 is 1.93 bits per heavy atom. The molecular weight excluding hydrogens is 405 g/mol. The molecule has 0 fully saturated rings. The number of anilines is 1. The number of carbonyl (C=O) groups excluding carboxylic acids is 1. The van der Waals surface area contributed by atoms with E-state index in [0.29, 0.717) is 32.4 Å². The number of pyridine rings is 1. The summed E-state index contributed by atoms with van der Waals surface area (Å²) in [5.74, 6) is 0.376. The van der Waals surface area contributed by atoms with E-state index in [1.54, 1.807) is 41.6 Å². The van der Waals surface area contributed by atoms with Crippen molar-refractivity contribution in [3.63, 3.8) is 0 Å². The number of thiazole rings is 1. The van der Waals surface area contributed by atoms with Crippen LogP contribution in [0.25, 0.3) is 10.2 Å². The molecule has 0 saturated carbocycles. The summed E-state index contributed by atoms with van der Waals surface area (Å²) in [6.45, 7) is 0.267. The first-order valence-electron chi connectivity index (χ1n) is 9.08. The maximum absolute atomic E-state index is 13.6. The van der Waals surface area contributed by atoms with Gasteiger partial charge in [-0.2, -0.15) is 0 Å². The summed E-state index contributed by atoms with van der Waals surface area (Å²) in [5.41, 5.74) is 1.89. The van der Waals surface area contributed by atoms with Crippen LogP contribution in [0.5, 0.6) is 11.5 Å². The van der Waals surface area contributed by atoms with Gasteiger partial charge in [-0.1, -0.05) is 17.4 Å². The Bertz CT molecular complexity index is 1200. The average Bonchev–Trinajstić information content (AvgIpc) is 3.20. The zero-order valence-electron chi connectivity index (χ0n) is 16.3. The van der Waals surface area contributed by atoms with Crippen LogP contribution in [0.15, 0.2) is 60.9 Å². The van der Waals surface area contributed by atoms with Gasteiger partial charge in [0.1, 0.15) is 5.82 Å². The fraction of sp³-hybridized carbons (Fsp3) is 0.136. The number of rotatable bonds is 6. The van der Waals surface area contributed by atoms with Crippen LogP contribution in [-0.4, -0.2) is 30.1 Å². The molecule has 0 aliphatic rings.